The normalized spacial score (nSPS) is 11.3. The predicted molar refractivity (Wildman–Crippen MR) is 93.5 cm³/mol. The number of aryl methyl sites for hydroxylation is 2. The third-order valence-electron chi connectivity index (χ3n) is 4.35. The van der Waals surface area contributed by atoms with Gasteiger partial charge in [0.05, 0.1) is 17.5 Å². The van der Waals surface area contributed by atoms with E-state index >= 15 is 0 Å². The van der Waals surface area contributed by atoms with E-state index in [0.29, 0.717) is 5.65 Å². The van der Waals surface area contributed by atoms with Crippen LogP contribution in [0.25, 0.3) is 33.4 Å². The molecular weight excluding hydrogens is 300 g/mol. The lowest BCUT2D eigenvalue weighted by Gasteiger charge is -2.07. The minimum Gasteiger partial charge on any atom is -0.343 e. The van der Waals surface area contributed by atoms with Crippen molar-refractivity contribution in [3.8, 4) is 22.3 Å². The Balaban J connectivity index is 1.89. The van der Waals surface area contributed by atoms with E-state index in [-0.39, 0.29) is 0 Å². The van der Waals surface area contributed by atoms with Crippen LogP contribution >= 0.6 is 0 Å². The fraction of sp³-hybridized carbons (Fsp3) is 0.222. The van der Waals surface area contributed by atoms with Crippen molar-refractivity contribution in [3.05, 3.63) is 48.4 Å². The van der Waals surface area contributed by atoms with Crippen molar-refractivity contribution in [2.75, 3.05) is 0 Å². The number of nitrogens with one attached hydrogen (secondary N) is 1. The summed E-state index contributed by atoms with van der Waals surface area (Å²) in [4.78, 5) is 16.1. The molecule has 0 aliphatic heterocycles. The molecule has 4 rings (SSSR count). The Morgan fingerprint density at radius 3 is 2.75 bits per heavy atom. The molecule has 0 amide bonds. The Labute approximate surface area is 139 Å². The van der Waals surface area contributed by atoms with Crippen LogP contribution in [0.2, 0.25) is 0 Å². The lowest BCUT2D eigenvalue weighted by atomic mass is 10.0. The molecule has 6 nitrogen and oxygen atoms in total. The maximum absolute atomic E-state index is 4.61. The van der Waals surface area contributed by atoms with Gasteiger partial charge in [0, 0.05) is 53.1 Å². The monoisotopic (exact) mass is 318 g/mol. The van der Waals surface area contributed by atoms with Crippen molar-refractivity contribution >= 4 is 11.2 Å². The lowest BCUT2D eigenvalue weighted by molar-refractivity contribution is 0.634. The summed E-state index contributed by atoms with van der Waals surface area (Å²) in [5.41, 5.74) is 8.13. The molecule has 0 unspecified atom stereocenters. The SMILES string of the molecule is CCn1nc(C)c(-c2cncc(-c3ccnc4nc[nH]c34)c2)c1C. The highest BCUT2D eigenvalue weighted by atomic mass is 15.3. The molecule has 0 saturated carbocycles. The zero-order chi connectivity index (χ0) is 16.7. The number of imidazole rings is 1. The number of pyridine rings is 2. The van der Waals surface area contributed by atoms with Gasteiger partial charge >= 0.3 is 0 Å². The van der Waals surface area contributed by atoms with Gasteiger partial charge in [0.1, 0.15) is 0 Å². The first-order valence-corrected chi connectivity index (χ1v) is 7.97. The molecular formula is C18H18N6. The Morgan fingerprint density at radius 2 is 1.96 bits per heavy atom. The molecule has 0 saturated heterocycles. The molecule has 0 bridgehead atoms. The van der Waals surface area contributed by atoms with Gasteiger partial charge in [0.25, 0.3) is 0 Å². The zero-order valence-corrected chi connectivity index (χ0v) is 13.9. The summed E-state index contributed by atoms with van der Waals surface area (Å²) in [6, 6.07) is 4.14. The molecule has 4 heterocycles. The fourth-order valence-electron chi connectivity index (χ4n) is 3.24. The van der Waals surface area contributed by atoms with E-state index in [2.05, 4.69) is 44.9 Å². The number of nitrogens with zero attached hydrogens (tertiary/aromatic N) is 5. The molecule has 6 heteroatoms. The third-order valence-corrected chi connectivity index (χ3v) is 4.35. The summed E-state index contributed by atoms with van der Waals surface area (Å²) in [6.45, 7) is 7.11. The summed E-state index contributed by atoms with van der Waals surface area (Å²) >= 11 is 0. The standard InChI is InChI=1S/C18H18N6/c1-4-24-12(3)16(11(2)23-24)14-7-13(8-19-9-14)15-5-6-20-18-17(15)21-10-22-18/h5-10H,4H2,1-3H3,(H,20,21,22). The largest absolute Gasteiger partial charge is 0.343 e. The van der Waals surface area contributed by atoms with Gasteiger partial charge in [-0.05, 0) is 32.9 Å². The molecule has 0 fully saturated rings. The summed E-state index contributed by atoms with van der Waals surface area (Å²) in [5.74, 6) is 0. The second-order valence-electron chi connectivity index (χ2n) is 5.78. The van der Waals surface area contributed by atoms with E-state index in [9.17, 15) is 0 Å². The molecule has 4 aromatic heterocycles. The van der Waals surface area contributed by atoms with E-state index in [4.69, 9.17) is 0 Å². The van der Waals surface area contributed by atoms with Gasteiger partial charge in [-0.15, -0.1) is 0 Å². The number of H-pyrrole nitrogens is 1. The van der Waals surface area contributed by atoms with E-state index in [1.54, 1.807) is 12.5 Å². The van der Waals surface area contributed by atoms with Gasteiger partial charge in [-0.25, -0.2) is 9.97 Å². The first-order chi connectivity index (χ1) is 11.7. The average molecular weight is 318 g/mol. The molecule has 1 N–H and O–H groups in total. The van der Waals surface area contributed by atoms with Crippen LogP contribution in [0.3, 0.4) is 0 Å². The summed E-state index contributed by atoms with van der Waals surface area (Å²) in [7, 11) is 0. The average Bonchev–Trinajstić information content (AvgIpc) is 3.18. The van der Waals surface area contributed by atoms with Crippen LogP contribution in [0, 0.1) is 13.8 Å². The molecule has 0 aromatic carbocycles. The number of fused-ring (bicyclic) bond motifs is 1. The minimum atomic E-state index is 0.712. The maximum Gasteiger partial charge on any atom is 0.178 e. The van der Waals surface area contributed by atoms with Gasteiger partial charge in [0.2, 0.25) is 0 Å². The summed E-state index contributed by atoms with van der Waals surface area (Å²) in [5, 5.41) is 4.61. The molecule has 0 aliphatic rings. The number of aromatic amines is 1. The second-order valence-corrected chi connectivity index (χ2v) is 5.78. The van der Waals surface area contributed by atoms with Gasteiger partial charge in [-0.3, -0.25) is 9.67 Å². The Bertz CT molecular complexity index is 1030. The van der Waals surface area contributed by atoms with Crippen molar-refractivity contribution in [3.63, 3.8) is 0 Å². The van der Waals surface area contributed by atoms with Crippen LogP contribution < -0.4 is 0 Å². The third kappa shape index (κ3) is 2.19. The Kier molecular flexibility index (Phi) is 3.37. The van der Waals surface area contributed by atoms with Crippen LogP contribution in [-0.2, 0) is 6.54 Å². The van der Waals surface area contributed by atoms with Gasteiger partial charge < -0.3 is 4.98 Å². The van der Waals surface area contributed by atoms with Crippen molar-refractivity contribution in [2.24, 2.45) is 0 Å². The van der Waals surface area contributed by atoms with E-state index in [1.807, 2.05) is 30.1 Å². The van der Waals surface area contributed by atoms with Crippen LogP contribution in [0.5, 0.6) is 0 Å². The molecule has 4 aromatic rings. The zero-order valence-electron chi connectivity index (χ0n) is 13.9. The van der Waals surface area contributed by atoms with E-state index < -0.39 is 0 Å². The first-order valence-electron chi connectivity index (χ1n) is 7.97. The lowest BCUT2D eigenvalue weighted by Crippen LogP contribution is -1.98. The van der Waals surface area contributed by atoms with Gasteiger partial charge in [-0.1, -0.05) is 0 Å². The van der Waals surface area contributed by atoms with Crippen LogP contribution in [0.1, 0.15) is 18.3 Å². The van der Waals surface area contributed by atoms with E-state index in [0.717, 1.165) is 45.7 Å². The Hall–Kier alpha value is -3.02. The van der Waals surface area contributed by atoms with E-state index in [1.165, 1.54) is 0 Å². The Morgan fingerprint density at radius 1 is 1.12 bits per heavy atom. The highest BCUT2D eigenvalue weighted by Gasteiger charge is 2.14. The smallest absolute Gasteiger partial charge is 0.178 e. The highest BCUT2D eigenvalue weighted by molar-refractivity contribution is 5.90. The summed E-state index contributed by atoms with van der Waals surface area (Å²) in [6.07, 6.45) is 7.20. The van der Waals surface area contributed by atoms with Crippen molar-refractivity contribution < 1.29 is 0 Å². The molecule has 0 spiro atoms. The number of rotatable bonds is 3. The quantitative estimate of drug-likeness (QED) is 0.627. The number of hydrogen-bond acceptors (Lipinski definition) is 4. The van der Waals surface area contributed by atoms with Crippen molar-refractivity contribution in [1.82, 2.24) is 29.7 Å². The number of aromatic nitrogens is 6. The predicted octanol–water partition coefficient (Wildman–Crippen LogP) is 3.52. The second kappa shape index (κ2) is 5.56. The van der Waals surface area contributed by atoms with Crippen molar-refractivity contribution in [1.29, 1.82) is 0 Å². The van der Waals surface area contributed by atoms with Gasteiger partial charge in [-0.2, -0.15) is 5.10 Å². The molecule has 120 valence electrons. The molecule has 0 radical (unpaired) electrons. The molecule has 24 heavy (non-hydrogen) atoms. The van der Waals surface area contributed by atoms with Crippen LogP contribution in [0.15, 0.2) is 37.1 Å². The number of hydrogen-bond donors (Lipinski definition) is 1. The fourth-order valence-corrected chi connectivity index (χ4v) is 3.24. The van der Waals surface area contributed by atoms with Crippen LogP contribution in [0.4, 0.5) is 0 Å². The topological polar surface area (TPSA) is 72.3 Å². The maximum atomic E-state index is 4.61. The minimum absolute atomic E-state index is 0.712. The molecule has 0 aliphatic carbocycles. The van der Waals surface area contributed by atoms with Gasteiger partial charge in [0.15, 0.2) is 5.65 Å². The first kappa shape index (κ1) is 14.6. The molecule has 0 atom stereocenters. The highest BCUT2D eigenvalue weighted by Crippen LogP contribution is 2.31. The summed E-state index contributed by atoms with van der Waals surface area (Å²) < 4.78 is 2.02. The van der Waals surface area contributed by atoms with Crippen LogP contribution in [-0.4, -0.2) is 29.7 Å². The van der Waals surface area contributed by atoms with Crippen molar-refractivity contribution in [2.45, 2.75) is 27.3 Å².